The second-order valence-electron chi connectivity index (χ2n) is 6.89. The van der Waals surface area contributed by atoms with Crippen LogP contribution < -0.4 is 4.90 Å². The highest BCUT2D eigenvalue weighted by Gasteiger charge is 2.30. The molecule has 2 heterocycles. The van der Waals surface area contributed by atoms with Crippen LogP contribution in [0.15, 0.2) is 28.8 Å². The molecule has 150 valence electrons. The van der Waals surface area contributed by atoms with E-state index in [1.54, 1.807) is 25.1 Å². The van der Waals surface area contributed by atoms with Crippen LogP contribution in [0.25, 0.3) is 0 Å². The molecule has 0 spiro atoms. The zero-order chi connectivity index (χ0) is 20.1. The zero-order valence-corrected chi connectivity index (χ0v) is 16.0. The molecule has 1 saturated heterocycles. The van der Waals surface area contributed by atoms with Gasteiger partial charge >= 0.3 is 5.97 Å². The molecule has 0 bridgehead atoms. The number of nitro groups is 1. The van der Waals surface area contributed by atoms with Gasteiger partial charge in [0.15, 0.2) is 11.9 Å². The molecule has 0 aliphatic carbocycles. The molecule has 0 N–H and O–H groups in total. The Bertz CT molecular complexity index is 829. The number of nitrogens with zero attached hydrogens (tertiary/aromatic N) is 4. The lowest BCUT2D eigenvalue weighted by molar-refractivity contribution is -0.384. The van der Waals surface area contributed by atoms with E-state index in [4.69, 9.17) is 9.26 Å². The number of ether oxygens (including phenoxy) is 1. The van der Waals surface area contributed by atoms with Crippen LogP contribution in [0, 0.1) is 16.0 Å². The normalized spacial score (nSPS) is 16.0. The van der Waals surface area contributed by atoms with Crippen molar-refractivity contribution >= 4 is 17.3 Å². The van der Waals surface area contributed by atoms with Crippen LogP contribution in [0.5, 0.6) is 0 Å². The molecular formula is C19H24N4O5. The van der Waals surface area contributed by atoms with Crippen LogP contribution in [-0.4, -0.2) is 34.1 Å². The molecular weight excluding hydrogens is 364 g/mol. The Morgan fingerprint density at radius 2 is 2.11 bits per heavy atom. The van der Waals surface area contributed by atoms with Crippen molar-refractivity contribution in [1.82, 2.24) is 10.1 Å². The summed E-state index contributed by atoms with van der Waals surface area (Å²) in [5.74, 6) is 0.358. The number of carbonyl (C=O) groups is 1. The van der Waals surface area contributed by atoms with Gasteiger partial charge in [-0.15, -0.1) is 0 Å². The van der Waals surface area contributed by atoms with Crippen molar-refractivity contribution in [3.8, 4) is 0 Å². The third-order valence-corrected chi connectivity index (χ3v) is 4.85. The number of anilines is 1. The Hall–Kier alpha value is -2.97. The van der Waals surface area contributed by atoms with Gasteiger partial charge in [-0.25, -0.2) is 0 Å². The fraction of sp³-hybridized carbons (Fsp3) is 0.526. The van der Waals surface area contributed by atoms with E-state index < -0.39 is 6.10 Å². The maximum Gasteiger partial charge on any atom is 0.309 e. The first-order chi connectivity index (χ1) is 13.5. The highest BCUT2D eigenvalue weighted by Crippen LogP contribution is 2.32. The number of para-hydroxylation sites is 2. The summed E-state index contributed by atoms with van der Waals surface area (Å²) in [6, 6.07) is 6.66. The maximum atomic E-state index is 12.5. The van der Waals surface area contributed by atoms with E-state index in [0.29, 0.717) is 49.8 Å². The minimum absolute atomic E-state index is 0.0800. The summed E-state index contributed by atoms with van der Waals surface area (Å²) in [6.07, 6.45) is 2.17. The summed E-state index contributed by atoms with van der Waals surface area (Å²) in [7, 11) is 0. The van der Waals surface area contributed by atoms with Gasteiger partial charge < -0.3 is 14.2 Å². The van der Waals surface area contributed by atoms with Gasteiger partial charge in [-0.1, -0.05) is 24.2 Å². The van der Waals surface area contributed by atoms with Crippen molar-refractivity contribution in [1.29, 1.82) is 0 Å². The van der Waals surface area contributed by atoms with Gasteiger partial charge in [0.05, 0.1) is 10.8 Å². The summed E-state index contributed by atoms with van der Waals surface area (Å²) in [5.41, 5.74) is 0.665. The standard InChI is InChI=1S/C19H24N4O5/c1-3-6-17-20-18(28-21-17)13(2)27-19(24)14-9-11-22(12-10-14)15-7-4-5-8-16(15)23(25)26/h4-5,7-8,13-14H,3,6,9-12H2,1-2H3. The molecule has 0 amide bonds. The first-order valence-electron chi connectivity index (χ1n) is 9.51. The van der Waals surface area contributed by atoms with Crippen LogP contribution in [0.1, 0.15) is 50.9 Å². The summed E-state index contributed by atoms with van der Waals surface area (Å²) < 4.78 is 10.7. The summed E-state index contributed by atoms with van der Waals surface area (Å²) >= 11 is 0. The SMILES string of the molecule is CCCc1noc(C(C)OC(=O)C2CCN(c3ccccc3[N+](=O)[O-])CC2)n1. The summed E-state index contributed by atoms with van der Waals surface area (Å²) in [6.45, 7) is 4.85. The highest BCUT2D eigenvalue weighted by molar-refractivity contribution is 5.73. The number of piperidine rings is 1. The number of hydrogen-bond donors (Lipinski definition) is 0. The van der Waals surface area contributed by atoms with Crippen molar-refractivity contribution in [2.24, 2.45) is 5.92 Å². The van der Waals surface area contributed by atoms with E-state index in [9.17, 15) is 14.9 Å². The Balaban J connectivity index is 1.56. The fourth-order valence-corrected chi connectivity index (χ4v) is 3.32. The number of nitro benzene ring substituents is 1. The predicted octanol–water partition coefficient (Wildman–Crippen LogP) is 3.45. The van der Waals surface area contributed by atoms with Crippen molar-refractivity contribution < 1.29 is 19.0 Å². The molecule has 9 nitrogen and oxygen atoms in total. The summed E-state index contributed by atoms with van der Waals surface area (Å²) in [4.78, 5) is 29.5. The van der Waals surface area contributed by atoms with Crippen LogP contribution in [-0.2, 0) is 16.0 Å². The third-order valence-electron chi connectivity index (χ3n) is 4.85. The third kappa shape index (κ3) is 4.47. The number of carbonyl (C=O) groups excluding carboxylic acids is 1. The molecule has 1 aliphatic rings. The average Bonchev–Trinajstić information content (AvgIpc) is 3.17. The topological polar surface area (TPSA) is 112 Å². The molecule has 9 heteroatoms. The number of rotatable bonds is 7. The van der Waals surface area contributed by atoms with Crippen LogP contribution >= 0.6 is 0 Å². The summed E-state index contributed by atoms with van der Waals surface area (Å²) in [5, 5.41) is 15.1. The van der Waals surface area contributed by atoms with E-state index in [-0.39, 0.29) is 22.5 Å². The van der Waals surface area contributed by atoms with Gasteiger partial charge in [-0.05, 0) is 32.3 Å². The van der Waals surface area contributed by atoms with Gasteiger partial charge in [-0.3, -0.25) is 14.9 Å². The van der Waals surface area contributed by atoms with E-state index in [0.717, 1.165) is 6.42 Å². The first-order valence-corrected chi connectivity index (χ1v) is 9.51. The van der Waals surface area contributed by atoms with Crippen molar-refractivity contribution in [2.75, 3.05) is 18.0 Å². The number of benzene rings is 1. The van der Waals surface area contributed by atoms with Crippen LogP contribution in [0.3, 0.4) is 0 Å². The molecule has 2 aromatic rings. The fourth-order valence-electron chi connectivity index (χ4n) is 3.32. The molecule has 0 radical (unpaired) electrons. The molecule has 3 rings (SSSR count). The molecule has 1 aromatic carbocycles. The van der Waals surface area contributed by atoms with Gasteiger partial charge in [0.1, 0.15) is 5.69 Å². The Kier molecular flexibility index (Phi) is 6.23. The average molecular weight is 388 g/mol. The number of hydrogen-bond acceptors (Lipinski definition) is 8. The van der Waals surface area contributed by atoms with Crippen molar-refractivity contribution in [3.63, 3.8) is 0 Å². The van der Waals surface area contributed by atoms with Gasteiger partial charge in [0.25, 0.3) is 11.6 Å². The zero-order valence-electron chi connectivity index (χ0n) is 16.0. The van der Waals surface area contributed by atoms with E-state index >= 15 is 0 Å². The monoisotopic (exact) mass is 388 g/mol. The van der Waals surface area contributed by atoms with Crippen LogP contribution in [0.4, 0.5) is 11.4 Å². The molecule has 1 fully saturated rings. The minimum atomic E-state index is -0.598. The lowest BCUT2D eigenvalue weighted by Gasteiger charge is -2.32. The van der Waals surface area contributed by atoms with Gasteiger partial charge in [0, 0.05) is 25.6 Å². The van der Waals surface area contributed by atoms with Crippen molar-refractivity contribution in [3.05, 3.63) is 46.1 Å². The smallest absolute Gasteiger partial charge is 0.309 e. The van der Waals surface area contributed by atoms with Gasteiger partial charge in [0.2, 0.25) is 0 Å². The molecule has 1 unspecified atom stereocenters. The lowest BCUT2D eigenvalue weighted by atomic mass is 9.96. The maximum absolute atomic E-state index is 12.5. The number of esters is 1. The molecule has 1 aliphatic heterocycles. The van der Waals surface area contributed by atoms with Crippen LogP contribution in [0.2, 0.25) is 0 Å². The number of aryl methyl sites for hydroxylation is 1. The Morgan fingerprint density at radius 1 is 1.39 bits per heavy atom. The van der Waals surface area contributed by atoms with E-state index in [2.05, 4.69) is 10.1 Å². The second-order valence-corrected chi connectivity index (χ2v) is 6.89. The largest absolute Gasteiger partial charge is 0.452 e. The molecule has 1 atom stereocenters. The predicted molar refractivity (Wildman–Crippen MR) is 101 cm³/mol. The van der Waals surface area contributed by atoms with Gasteiger partial charge in [-0.2, -0.15) is 4.98 Å². The quantitative estimate of drug-likeness (QED) is 0.403. The second kappa shape index (κ2) is 8.81. The lowest BCUT2D eigenvalue weighted by Crippen LogP contribution is -2.37. The first kappa shape index (κ1) is 19.8. The molecule has 0 saturated carbocycles. The molecule has 1 aromatic heterocycles. The van der Waals surface area contributed by atoms with Crippen molar-refractivity contribution in [2.45, 2.75) is 45.6 Å². The Labute approximate surface area is 162 Å². The van der Waals surface area contributed by atoms with E-state index in [1.165, 1.54) is 6.07 Å². The minimum Gasteiger partial charge on any atom is -0.452 e. The number of aromatic nitrogens is 2. The highest BCUT2D eigenvalue weighted by atomic mass is 16.6. The molecule has 28 heavy (non-hydrogen) atoms. The van der Waals surface area contributed by atoms with E-state index in [1.807, 2.05) is 11.8 Å². The Morgan fingerprint density at radius 3 is 2.79 bits per heavy atom.